The third kappa shape index (κ3) is 4.37. The molecule has 1 atom stereocenters. The van der Waals surface area contributed by atoms with Gasteiger partial charge in [-0.3, -0.25) is 9.30 Å². The second-order valence-corrected chi connectivity index (χ2v) is 8.21. The van der Waals surface area contributed by atoms with E-state index in [9.17, 15) is 4.79 Å². The summed E-state index contributed by atoms with van der Waals surface area (Å²) in [6.07, 6.45) is 7.26. The number of para-hydroxylation sites is 1. The zero-order valence-electron chi connectivity index (χ0n) is 18.2. The number of ether oxygens (including phenoxy) is 1. The molecule has 1 aliphatic rings. The summed E-state index contributed by atoms with van der Waals surface area (Å²) in [7, 11) is 0. The van der Waals surface area contributed by atoms with Crippen molar-refractivity contribution in [1.29, 1.82) is 0 Å². The molecule has 4 aromatic rings. The summed E-state index contributed by atoms with van der Waals surface area (Å²) < 4.78 is 7.99. The monoisotopic (exact) mass is 439 g/mol. The summed E-state index contributed by atoms with van der Waals surface area (Å²) in [5.74, 6) is 5.09. The van der Waals surface area contributed by atoms with E-state index in [1.807, 2.05) is 66.7 Å². The summed E-state index contributed by atoms with van der Waals surface area (Å²) in [6, 6.07) is 17.6. The molecule has 0 bridgehead atoms. The number of likely N-dealkylation sites (tertiary alicyclic amines) is 1. The van der Waals surface area contributed by atoms with Crippen LogP contribution in [0.5, 0.6) is 11.5 Å². The lowest BCUT2D eigenvalue weighted by Gasteiger charge is -2.31. The van der Waals surface area contributed by atoms with E-state index in [1.54, 1.807) is 12.3 Å². The van der Waals surface area contributed by atoms with Crippen LogP contribution in [0.1, 0.15) is 24.6 Å². The molecule has 0 radical (unpaired) electrons. The van der Waals surface area contributed by atoms with Crippen LogP contribution >= 0.6 is 0 Å². The van der Waals surface area contributed by atoms with E-state index < -0.39 is 0 Å². The summed E-state index contributed by atoms with van der Waals surface area (Å²) >= 11 is 0. The second kappa shape index (κ2) is 9.28. The van der Waals surface area contributed by atoms with Crippen molar-refractivity contribution in [3.05, 3.63) is 78.9 Å². The predicted molar refractivity (Wildman–Crippen MR) is 128 cm³/mol. The minimum atomic E-state index is 0.238. The third-order valence-corrected chi connectivity index (χ3v) is 6.02. The molecule has 1 unspecified atom stereocenters. The van der Waals surface area contributed by atoms with E-state index in [4.69, 9.17) is 15.5 Å². The zero-order chi connectivity index (χ0) is 22.6. The molecule has 2 aromatic heterocycles. The molecule has 1 aliphatic heterocycles. The number of piperidine rings is 1. The van der Waals surface area contributed by atoms with Gasteiger partial charge < -0.3 is 10.5 Å². The summed E-state index contributed by atoms with van der Waals surface area (Å²) in [5.41, 5.74) is 8.89. The fraction of sp³-hybridized carbons (Fsp3) is 0.231. The van der Waals surface area contributed by atoms with Crippen molar-refractivity contribution in [3.8, 4) is 22.8 Å². The smallest absolute Gasteiger partial charge is 0.150 e. The number of nitrogens with zero attached hydrogens (tertiary/aromatic N) is 4. The van der Waals surface area contributed by atoms with Crippen LogP contribution in [0.25, 0.3) is 16.8 Å². The number of anilines is 1. The highest BCUT2D eigenvalue weighted by Gasteiger charge is 2.27. The molecular formula is C26H25N5O2. The topological polar surface area (TPSA) is 85.8 Å². The van der Waals surface area contributed by atoms with Crippen molar-refractivity contribution in [2.75, 3.05) is 25.4 Å². The number of nitrogens with two attached hydrogens (primary N) is 1. The Morgan fingerprint density at radius 3 is 2.70 bits per heavy atom. The van der Waals surface area contributed by atoms with Gasteiger partial charge in [0.05, 0.1) is 0 Å². The molecule has 0 amide bonds. The highest BCUT2D eigenvalue weighted by atomic mass is 16.5. The Balaban J connectivity index is 1.48. The molecule has 7 nitrogen and oxygen atoms in total. The fourth-order valence-corrected chi connectivity index (χ4v) is 4.48. The summed E-state index contributed by atoms with van der Waals surface area (Å²) in [5, 5.41) is 0. The Labute approximate surface area is 192 Å². The van der Waals surface area contributed by atoms with Crippen LogP contribution in [0, 0.1) is 0 Å². The lowest BCUT2D eigenvalue weighted by molar-refractivity contribution is 0.223. The first kappa shape index (κ1) is 20.9. The molecule has 1 saturated heterocycles. The maximum atomic E-state index is 10.6. The maximum Gasteiger partial charge on any atom is 0.150 e. The van der Waals surface area contributed by atoms with Crippen LogP contribution in [0.2, 0.25) is 0 Å². The average molecular weight is 440 g/mol. The molecule has 0 aliphatic carbocycles. The van der Waals surface area contributed by atoms with Crippen LogP contribution in [0.3, 0.4) is 0 Å². The highest BCUT2D eigenvalue weighted by Crippen LogP contribution is 2.34. The molecule has 5 rings (SSSR count). The minimum absolute atomic E-state index is 0.238. The number of fused-ring (bicyclic) bond motifs is 1. The van der Waals surface area contributed by atoms with Gasteiger partial charge in [0.2, 0.25) is 0 Å². The highest BCUT2D eigenvalue weighted by molar-refractivity contribution is 5.85. The molecule has 0 spiro atoms. The van der Waals surface area contributed by atoms with Gasteiger partial charge in [0.25, 0.3) is 0 Å². The van der Waals surface area contributed by atoms with Gasteiger partial charge >= 0.3 is 0 Å². The number of carbonyl (C=O) groups excluding carboxylic acids is 1. The minimum Gasteiger partial charge on any atom is -0.457 e. The van der Waals surface area contributed by atoms with Crippen molar-refractivity contribution in [3.63, 3.8) is 0 Å². The van der Waals surface area contributed by atoms with Gasteiger partial charge in [-0.2, -0.15) is 0 Å². The Morgan fingerprint density at radius 1 is 1.12 bits per heavy atom. The summed E-state index contributed by atoms with van der Waals surface area (Å²) in [6.45, 7) is 2.42. The molecule has 0 saturated carbocycles. The molecule has 166 valence electrons. The molecule has 1 fully saturated rings. The van der Waals surface area contributed by atoms with Crippen molar-refractivity contribution in [2.45, 2.75) is 18.8 Å². The number of hydrogen-bond donors (Lipinski definition) is 1. The SMILES string of the molecule is Nc1nccn2c(C3CCCN(CC=C=O)C3)nc(-c3ccc(Oc4ccccc4)cc3)c12. The Morgan fingerprint density at radius 2 is 1.91 bits per heavy atom. The lowest BCUT2D eigenvalue weighted by atomic mass is 9.97. The normalized spacial score (nSPS) is 16.4. The van der Waals surface area contributed by atoms with Gasteiger partial charge in [-0.15, -0.1) is 0 Å². The molecule has 2 N–H and O–H groups in total. The van der Waals surface area contributed by atoms with Crippen LogP contribution in [-0.4, -0.2) is 44.8 Å². The summed E-state index contributed by atoms with van der Waals surface area (Å²) in [4.78, 5) is 22.3. The van der Waals surface area contributed by atoms with Gasteiger partial charge in [0, 0.05) is 43.0 Å². The van der Waals surface area contributed by atoms with Gasteiger partial charge in [0.1, 0.15) is 40.3 Å². The number of imidazole rings is 1. The van der Waals surface area contributed by atoms with Crippen LogP contribution in [-0.2, 0) is 4.79 Å². The van der Waals surface area contributed by atoms with E-state index in [0.717, 1.165) is 60.0 Å². The van der Waals surface area contributed by atoms with Gasteiger partial charge in [-0.25, -0.2) is 14.8 Å². The van der Waals surface area contributed by atoms with Gasteiger partial charge in [-0.1, -0.05) is 18.2 Å². The van der Waals surface area contributed by atoms with Crippen LogP contribution in [0.15, 0.2) is 73.1 Å². The Kier molecular flexibility index (Phi) is 5.89. The first-order valence-electron chi connectivity index (χ1n) is 11.1. The van der Waals surface area contributed by atoms with E-state index in [-0.39, 0.29) is 5.92 Å². The largest absolute Gasteiger partial charge is 0.457 e. The number of benzene rings is 2. The van der Waals surface area contributed by atoms with Gasteiger partial charge in [-0.05, 0) is 55.8 Å². The van der Waals surface area contributed by atoms with Crippen molar-refractivity contribution >= 4 is 17.3 Å². The average Bonchev–Trinajstić information content (AvgIpc) is 3.25. The van der Waals surface area contributed by atoms with E-state index in [1.165, 1.54) is 0 Å². The predicted octanol–water partition coefficient (Wildman–Crippen LogP) is 4.34. The fourth-order valence-electron chi connectivity index (χ4n) is 4.48. The molecule has 33 heavy (non-hydrogen) atoms. The second-order valence-electron chi connectivity index (χ2n) is 8.21. The van der Waals surface area contributed by atoms with E-state index >= 15 is 0 Å². The van der Waals surface area contributed by atoms with Crippen molar-refractivity contribution in [2.24, 2.45) is 0 Å². The first-order valence-corrected chi connectivity index (χ1v) is 11.1. The van der Waals surface area contributed by atoms with Gasteiger partial charge in [0.15, 0.2) is 0 Å². The van der Waals surface area contributed by atoms with E-state index in [2.05, 4.69) is 14.3 Å². The number of nitrogen functional groups attached to an aromatic ring is 1. The first-order chi connectivity index (χ1) is 16.2. The number of aromatic nitrogens is 3. The third-order valence-electron chi connectivity index (χ3n) is 6.02. The maximum absolute atomic E-state index is 10.6. The van der Waals surface area contributed by atoms with E-state index in [0.29, 0.717) is 12.4 Å². The molecular weight excluding hydrogens is 414 g/mol. The molecule has 2 aromatic carbocycles. The molecule has 3 heterocycles. The van der Waals surface area contributed by atoms with Crippen molar-refractivity contribution < 1.29 is 9.53 Å². The Bertz CT molecular complexity index is 1290. The zero-order valence-corrected chi connectivity index (χ0v) is 18.2. The Hall–Kier alpha value is -3.93. The number of rotatable bonds is 6. The van der Waals surface area contributed by atoms with Crippen molar-refractivity contribution in [1.82, 2.24) is 19.3 Å². The number of hydrogen-bond acceptors (Lipinski definition) is 6. The lowest BCUT2D eigenvalue weighted by Crippen LogP contribution is -2.35. The molecule has 7 heteroatoms. The van der Waals surface area contributed by atoms with Crippen LogP contribution in [0.4, 0.5) is 5.82 Å². The standard InChI is InChI=1S/C26H25N5O2/c27-25-24-23(19-9-11-22(12-10-19)33-21-7-2-1-3-8-21)29-26(31(24)16-13-28-25)20-6-4-14-30(18-20)15-5-17-32/h1-3,5,7-13,16,20H,4,6,14-15,18H2,(H2,27,28). The quantitative estimate of drug-likeness (QED) is 0.450. The van der Waals surface area contributed by atoms with Crippen LogP contribution < -0.4 is 10.5 Å².